The van der Waals surface area contributed by atoms with Crippen LogP contribution in [-0.2, 0) is 16.2 Å². The second-order valence-corrected chi connectivity index (χ2v) is 12.1. The van der Waals surface area contributed by atoms with Gasteiger partial charge in [0.2, 0.25) is 10.0 Å². The Morgan fingerprint density at radius 2 is 1.71 bits per heavy atom. The van der Waals surface area contributed by atoms with Crippen LogP contribution in [0.15, 0.2) is 77.6 Å². The van der Waals surface area contributed by atoms with Gasteiger partial charge in [-0.25, -0.2) is 27.8 Å². The van der Waals surface area contributed by atoms with Crippen LogP contribution in [0.2, 0.25) is 0 Å². The normalized spacial score (nSPS) is 12.2. The Morgan fingerprint density at radius 1 is 1.02 bits per heavy atom. The number of nitrogens with zero attached hydrogens (tertiary/aromatic N) is 5. The molecule has 45 heavy (non-hydrogen) atoms. The van der Waals surface area contributed by atoms with Crippen LogP contribution in [-0.4, -0.2) is 54.2 Å². The smallest absolute Gasteiger partial charge is 0.416 e. The fraction of sp³-hybridized carbons (Fsp3) is 0.133. The summed E-state index contributed by atoms with van der Waals surface area (Å²) in [6, 6.07) is 12.7. The number of amides is 1. The van der Waals surface area contributed by atoms with Crippen molar-refractivity contribution in [2.24, 2.45) is 0 Å². The Kier molecular flexibility index (Phi) is 7.07. The Bertz CT molecular complexity index is 2210. The molecule has 1 N–H and O–H groups in total. The molecule has 0 radical (unpaired) electrons. The van der Waals surface area contributed by atoms with Gasteiger partial charge in [-0.2, -0.15) is 13.2 Å². The van der Waals surface area contributed by atoms with E-state index in [9.17, 15) is 30.8 Å². The van der Waals surface area contributed by atoms with Crippen LogP contribution in [0.25, 0.3) is 50.5 Å². The highest BCUT2D eigenvalue weighted by molar-refractivity contribution is 7.92. The van der Waals surface area contributed by atoms with E-state index < -0.39 is 33.5 Å². The molecule has 3 aromatic heterocycles. The first-order chi connectivity index (χ1) is 21.3. The standard InChI is InChI=1S/C30H22F4N6O4S/c1-35-29(41)25-21-12-20(23(39(2)45(3,42)43)13-24(21)44-26(25)16-4-8-18(31)9-5-16)27-36-14-22-28(38-27)40(15-37-22)19-10-6-17(7-11-19)30(32,33)34/h4-15H,1-3H3,(H,35,41). The minimum absolute atomic E-state index is 0.0379. The predicted octanol–water partition coefficient (Wildman–Crippen LogP) is 5.81. The summed E-state index contributed by atoms with van der Waals surface area (Å²) in [6.45, 7) is 0. The van der Waals surface area contributed by atoms with Gasteiger partial charge in [-0.1, -0.05) is 0 Å². The fourth-order valence-electron chi connectivity index (χ4n) is 4.84. The maximum atomic E-state index is 13.7. The number of halogens is 4. The van der Waals surface area contributed by atoms with Gasteiger partial charge in [0.25, 0.3) is 5.91 Å². The number of sulfonamides is 1. The maximum absolute atomic E-state index is 13.7. The van der Waals surface area contributed by atoms with Crippen LogP contribution in [0.5, 0.6) is 0 Å². The molecule has 0 aliphatic rings. The Morgan fingerprint density at radius 3 is 2.33 bits per heavy atom. The second kappa shape index (κ2) is 10.7. The van der Waals surface area contributed by atoms with Crippen molar-refractivity contribution in [3.8, 4) is 28.4 Å². The van der Waals surface area contributed by atoms with Gasteiger partial charge in [-0.3, -0.25) is 13.7 Å². The van der Waals surface area contributed by atoms with Gasteiger partial charge in [-0.05, 0) is 54.6 Å². The van der Waals surface area contributed by atoms with Gasteiger partial charge in [0.15, 0.2) is 11.5 Å². The molecule has 230 valence electrons. The lowest BCUT2D eigenvalue weighted by Crippen LogP contribution is -2.25. The number of alkyl halides is 3. The van der Waals surface area contributed by atoms with Crippen LogP contribution in [0.4, 0.5) is 23.2 Å². The molecular weight excluding hydrogens is 616 g/mol. The quantitative estimate of drug-likeness (QED) is 0.229. The van der Waals surface area contributed by atoms with Gasteiger partial charge in [0.1, 0.15) is 29.0 Å². The van der Waals surface area contributed by atoms with E-state index in [4.69, 9.17) is 4.42 Å². The molecule has 0 aliphatic heterocycles. The van der Waals surface area contributed by atoms with E-state index in [1.807, 2.05) is 0 Å². The lowest BCUT2D eigenvalue weighted by molar-refractivity contribution is -0.137. The predicted molar refractivity (Wildman–Crippen MR) is 159 cm³/mol. The van der Waals surface area contributed by atoms with Gasteiger partial charge in [0, 0.05) is 42.4 Å². The molecule has 0 atom stereocenters. The fourth-order valence-corrected chi connectivity index (χ4v) is 5.35. The number of hydrogen-bond acceptors (Lipinski definition) is 7. The molecule has 6 aromatic rings. The van der Waals surface area contributed by atoms with Crippen LogP contribution in [0.1, 0.15) is 15.9 Å². The van der Waals surface area contributed by atoms with Crippen molar-refractivity contribution in [1.82, 2.24) is 24.8 Å². The van der Waals surface area contributed by atoms with Crippen LogP contribution in [0.3, 0.4) is 0 Å². The number of anilines is 1. The molecule has 0 fully saturated rings. The number of hydrogen-bond donors (Lipinski definition) is 1. The van der Waals surface area contributed by atoms with Crippen molar-refractivity contribution in [3.05, 3.63) is 90.1 Å². The number of furan rings is 1. The van der Waals surface area contributed by atoms with Gasteiger partial charge in [0.05, 0.1) is 29.3 Å². The van der Waals surface area contributed by atoms with Crippen molar-refractivity contribution in [1.29, 1.82) is 0 Å². The van der Waals surface area contributed by atoms with Crippen LogP contribution < -0.4 is 9.62 Å². The Balaban J connectivity index is 1.59. The van der Waals surface area contributed by atoms with Crippen molar-refractivity contribution in [2.45, 2.75) is 6.18 Å². The first kappa shape index (κ1) is 29.7. The number of carbonyl (C=O) groups excluding carboxylic acids is 1. The third-order valence-electron chi connectivity index (χ3n) is 7.21. The van der Waals surface area contributed by atoms with Gasteiger partial charge in [-0.15, -0.1) is 0 Å². The van der Waals surface area contributed by atoms with Crippen molar-refractivity contribution in [3.63, 3.8) is 0 Å². The van der Waals surface area contributed by atoms with Crippen molar-refractivity contribution < 1.29 is 35.2 Å². The topological polar surface area (TPSA) is 123 Å². The number of aromatic nitrogens is 4. The van der Waals surface area contributed by atoms with E-state index in [1.54, 1.807) is 0 Å². The molecule has 0 spiro atoms. The average Bonchev–Trinajstić information content (AvgIpc) is 3.60. The molecule has 6 rings (SSSR count). The molecule has 15 heteroatoms. The molecule has 0 saturated heterocycles. The highest BCUT2D eigenvalue weighted by Crippen LogP contribution is 2.41. The molecule has 3 heterocycles. The molecular formula is C30H22F4N6O4S. The largest absolute Gasteiger partial charge is 0.455 e. The molecule has 0 unspecified atom stereocenters. The summed E-state index contributed by atoms with van der Waals surface area (Å²) in [6.07, 6.45) is -0.728. The van der Waals surface area contributed by atoms with Crippen molar-refractivity contribution in [2.75, 3.05) is 24.7 Å². The van der Waals surface area contributed by atoms with Crippen LogP contribution in [0, 0.1) is 5.82 Å². The second-order valence-electron chi connectivity index (χ2n) is 10.0. The lowest BCUT2D eigenvalue weighted by atomic mass is 10.0. The van der Waals surface area contributed by atoms with E-state index in [-0.39, 0.29) is 39.6 Å². The average molecular weight is 639 g/mol. The molecule has 0 bridgehead atoms. The zero-order valence-corrected chi connectivity index (χ0v) is 24.5. The lowest BCUT2D eigenvalue weighted by Gasteiger charge is -2.20. The number of imidazole rings is 1. The summed E-state index contributed by atoms with van der Waals surface area (Å²) < 4.78 is 87.0. The third-order valence-corrected chi connectivity index (χ3v) is 8.40. The van der Waals surface area contributed by atoms with E-state index in [0.717, 1.165) is 22.7 Å². The summed E-state index contributed by atoms with van der Waals surface area (Å²) >= 11 is 0. The van der Waals surface area contributed by atoms with Crippen LogP contribution >= 0.6 is 0 Å². The third kappa shape index (κ3) is 5.35. The minimum Gasteiger partial charge on any atom is -0.455 e. The summed E-state index contributed by atoms with van der Waals surface area (Å²) in [5.41, 5.74) is 1.09. The molecule has 1 amide bonds. The zero-order chi connectivity index (χ0) is 32.3. The highest BCUT2D eigenvalue weighted by atomic mass is 32.2. The number of rotatable bonds is 6. The number of fused-ring (bicyclic) bond motifs is 2. The monoisotopic (exact) mass is 638 g/mol. The summed E-state index contributed by atoms with van der Waals surface area (Å²) in [5, 5.41) is 2.87. The molecule has 10 nitrogen and oxygen atoms in total. The summed E-state index contributed by atoms with van der Waals surface area (Å²) in [4.78, 5) is 26.4. The molecule has 0 aliphatic carbocycles. The van der Waals surface area contributed by atoms with Gasteiger partial charge >= 0.3 is 6.18 Å². The van der Waals surface area contributed by atoms with E-state index >= 15 is 0 Å². The Hall–Kier alpha value is -5.31. The van der Waals surface area contributed by atoms with Gasteiger partial charge < -0.3 is 9.73 Å². The first-order valence-electron chi connectivity index (χ1n) is 13.2. The number of nitrogens with one attached hydrogen (secondary N) is 1. The Labute approximate surface area is 253 Å². The summed E-state index contributed by atoms with van der Waals surface area (Å²) in [7, 11) is -1.07. The van der Waals surface area contributed by atoms with Crippen molar-refractivity contribution >= 4 is 43.8 Å². The van der Waals surface area contributed by atoms with E-state index in [1.165, 1.54) is 79.7 Å². The first-order valence-corrected chi connectivity index (χ1v) is 15.0. The number of benzene rings is 3. The number of carbonyl (C=O) groups is 1. The zero-order valence-electron chi connectivity index (χ0n) is 23.7. The highest BCUT2D eigenvalue weighted by Gasteiger charge is 2.30. The summed E-state index contributed by atoms with van der Waals surface area (Å²) in [5.74, 6) is -0.832. The minimum atomic E-state index is -4.51. The molecule has 0 saturated carbocycles. The van der Waals surface area contributed by atoms with E-state index in [0.29, 0.717) is 22.2 Å². The SMILES string of the molecule is CNC(=O)c1c(-c2ccc(F)cc2)oc2cc(N(C)S(C)(=O)=O)c(-c3ncc4ncn(-c5ccc(C(F)(F)F)cc5)c4n3)cc12. The molecule has 3 aromatic carbocycles. The van der Waals surface area contributed by atoms with E-state index in [2.05, 4.69) is 20.3 Å². The maximum Gasteiger partial charge on any atom is 0.416 e.